The van der Waals surface area contributed by atoms with E-state index in [1.807, 2.05) is 54.7 Å². The highest BCUT2D eigenvalue weighted by atomic mass is 32.1. The number of anilines is 2. The molecule has 5 heterocycles. The van der Waals surface area contributed by atoms with Gasteiger partial charge < -0.3 is 24.8 Å². The molecule has 58 heavy (non-hydrogen) atoms. The highest BCUT2D eigenvalue weighted by Crippen LogP contribution is 2.72. The number of hydrogen-bond acceptors (Lipinski definition) is 10. The molecule has 0 radical (unpaired) electrons. The van der Waals surface area contributed by atoms with E-state index >= 15 is 0 Å². The van der Waals surface area contributed by atoms with E-state index in [-0.39, 0.29) is 33.4 Å². The van der Waals surface area contributed by atoms with Gasteiger partial charge in [0.1, 0.15) is 5.82 Å². The summed E-state index contributed by atoms with van der Waals surface area (Å²) < 4.78 is 15.4. The summed E-state index contributed by atoms with van der Waals surface area (Å²) in [5.41, 5.74) is 6.07. The second-order valence-corrected chi connectivity index (χ2v) is 19.7. The van der Waals surface area contributed by atoms with Crippen LogP contribution < -0.4 is 15.5 Å². The maximum absolute atomic E-state index is 13.6. The third kappa shape index (κ3) is 6.79. The van der Waals surface area contributed by atoms with Crippen LogP contribution in [0, 0.1) is 23.2 Å². The molecule has 5 fully saturated rings. The first kappa shape index (κ1) is 37.6. The number of carboxylic acids is 1. The molecule has 4 bridgehead atoms. The van der Waals surface area contributed by atoms with Crippen LogP contribution in [-0.2, 0) is 29.0 Å². The van der Waals surface area contributed by atoms with Crippen molar-refractivity contribution in [3.63, 3.8) is 0 Å². The Morgan fingerprint density at radius 3 is 2.53 bits per heavy atom. The summed E-state index contributed by atoms with van der Waals surface area (Å²) in [4.78, 5) is 38.0. The molecule has 3 aromatic heterocycles. The van der Waals surface area contributed by atoms with Gasteiger partial charge in [0.25, 0.3) is 5.91 Å². The molecule has 11 rings (SSSR count). The van der Waals surface area contributed by atoms with Gasteiger partial charge in [-0.1, -0.05) is 49.4 Å². The van der Waals surface area contributed by atoms with E-state index in [0.29, 0.717) is 54.2 Å². The van der Waals surface area contributed by atoms with Crippen LogP contribution in [0.1, 0.15) is 90.0 Å². The Hall–Kier alpha value is -4.69. The number of carbonyl (C=O) groups is 2. The molecule has 4 aliphatic carbocycles. The third-order valence-electron chi connectivity index (χ3n) is 13.6. The van der Waals surface area contributed by atoms with Gasteiger partial charge in [-0.15, -0.1) is 0 Å². The molecule has 2 atom stereocenters. The van der Waals surface area contributed by atoms with Crippen LogP contribution in [0.15, 0.2) is 60.8 Å². The molecule has 4 saturated carbocycles. The summed E-state index contributed by atoms with van der Waals surface area (Å²) in [7, 11) is 0. The normalized spacial score (nSPS) is 27.5. The number of pyridine rings is 1. The fourth-order valence-corrected chi connectivity index (χ4v) is 13.2. The van der Waals surface area contributed by atoms with Crippen LogP contribution in [-0.4, -0.2) is 81.3 Å². The fourth-order valence-electron chi connectivity index (χ4n) is 12.3. The van der Waals surface area contributed by atoms with E-state index in [1.54, 1.807) is 0 Å². The summed E-state index contributed by atoms with van der Waals surface area (Å²) in [6, 6.07) is 17.9. The summed E-state index contributed by atoms with van der Waals surface area (Å²) >= 11 is 1.45. The van der Waals surface area contributed by atoms with Crippen molar-refractivity contribution in [2.45, 2.75) is 90.4 Å². The Labute approximate surface area is 342 Å². The maximum atomic E-state index is 13.6. The molecular weight excluding hydrogens is 751 g/mol. The predicted molar refractivity (Wildman–Crippen MR) is 224 cm³/mol. The number of fused-ring (bicyclic) bond motifs is 2. The number of nitrogens with zero attached hydrogens (tertiary/aromatic N) is 5. The van der Waals surface area contributed by atoms with Crippen molar-refractivity contribution in [2.24, 2.45) is 16.2 Å². The lowest BCUT2D eigenvalue weighted by Crippen LogP contribution is -2.64. The first-order valence-corrected chi connectivity index (χ1v) is 21.5. The zero-order chi connectivity index (χ0) is 39.9. The Morgan fingerprint density at radius 1 is 0.966 bits per heavy atom. The Bertz CT molecular complexity index is 2390. The van der Waals surface area contributed by atoms with Gasteiger partial charge in [0.05, 0.1) is 47.9 Å². The van der Waals surface area contributed by atoms with Crippen LogP contribution in [0.25, 0.3) is 21.3 Å². The summed E-state index contributed by atoms with van der Waals surface area (Å²) in [5.74, 6) is -0.737. The largest absolute Gasteiger partial charge is 0.476 e. The van der Waals surface area contributed by atoms with Gasteiger partial charge in [0.15, 0.2) is 10.8 Å². The molecule has 12 nitrogen and oxygen atoms in total. The zero-order valence-corrected chi connectivity index (χ0v) is 34.3. The summed E-state index contributed by atoms with van der Waals surface area (Å²) in [5, 5.41) is 22.6. The number of rotatable bonds is 12. The minimum atomic E-state index is -1.09. The van der Waals surface area contributed by atoms with Crippen molar-refractivity contribution in [2.75, 3.05) is 43.1 Å². The number of benzene rings is 2. The monoisotopic (exact) mass is 801 g/mol. The van der Waals surface area contributed by atoms with E-state index in [4.69, 9.17) is 19.6 Å². The van der Waals surface area contributed by atoms with Gasteiger partial charge in [0.2, 0.25) is 0 Å². The van der Waals surface area contributed by atoms with Crippen molar-refractivity contribution >= 4 is 44.4 Å². The van der Waals surface area contributed by atoms with Crippen LogP contribution in [0.4, 0.5) is 10.9 Å². The molecular formula is C45H51N7O5S. The smallest absolute Gasteiger partial charge is 0.355 e. The van der Waals surface area contributed by atoms with Crippen LogP contribution >= 0.6 is 11.3 Å². The van der Waals surface area contributed by atoms with Crippen LogP contribution in [0.2, 0.25) is 0 Å². The number of nitrogens with one attached hydrogen (secondary N) is 2. The molecule has 13 heteroatoms. The lowest BCUT2D eigenvalue weighted by Gasteiger charge is -2.69. The van der Waals surface area contributed by atoms with Crippen molar-refractivity contribution in [3.05, 3.63) is 88.9 Å². The number of aromatic carboxylic acids is 1. The molecule has 2 aromatic carbocycles. The first-order chi connectivity index (χ1) is 27.9. The number of ether oxygens (including phenoxy) is 2. The molecule has 1 saturated heterocycles. The van der Waals surface area contributed by atoms with Gasteiger partial charge in [-0.05, 0) is 110 Å². The number of carboxylic acid groups (broad SMARTS) is 1. The van der Waals surface area contributed by atoms with Crippen LogP contribution in [0.3, 0.4) is 0 Å². The van der Waals surface area contributed by atoms with Crippen LogP contribution in [0.5, 0.6) is 0 Å². The number of carbonyl (C=O) groups excluding carboxylic acids is 1. The topological polar surface area (TPSA) is 144 Å². The number of amides is 1. The minimum absolute atomic E-state index is 0.00272. The number of aromatic nitrogens is 4. The van der Waals surface area contributed by atoms with Gasteiger partial charge in [-0.25, -0.2) is 14.8 Å². The first-order valence-electron chi connectivity index (χ1n) is 20.6. The minimum Gasteiger partial charge on any atom is -0.476 e. The number of para-hydroxylation sites is 1. The van der Waals surface area contributed by atoms with E-state index < -0.39 is 5.97 Å². The van der Waals surface area contributed by atoms with E-state index in [9.17, 15) is 14.7 Å². The Balaban J connectivity index is 0.878. The molecule has 3 N–H and O–H groups in total. The fraction of sp³-hybridized carbons (Fsp3) is 0.489. The average molecular weight is 802 g/mol. The van der Waals surface area contributed by atoms with E-state index in [2.05, 4.69) is 52.0 Å². The second kappa shape index (κ2) is 14.0. The van der Waals surface area contributed by atoms with E-state index in [0.717, 1.165) is 91.0 Å². The summed E-state index contributed by atoms with van der Waals surface area (Å²) in [6.45, 7) is 12.0. The highest BCUT2D eigenvalue weighted by molar-refractivity contribution is 7.22. The molecule has 5 aromatic rings. The molecule has 0 spiro atoms. The van der Waals surface area contributed by atoms with Crippen molar-refractivity contribution in [1.29, 1.82) is 0 Å². The lowest BCUT2D eigenvalue weighted by atomic mass is 9.39. The third-order valence-corrected chi connectivity index (χ3v) is 14.5. The molecule has 2 aliphatic heterocycles. The zero-order valence-electron chi connectivity index (χ0n) is 33.5. The summed E-state index contributed by atoms with van der Waals surface area (Å²) in [6.07, 6.45) is 9.28. The second-order valence-electron chi connectivity index (χ2n) is 18.6. The highest BCUT2D eigenvalue weighted by Gasteiger charge is 2.66. The number of hydrogen-bond donors (Lipinski definition) is 3. The van der Waals surface area contributed by atoms with E-state index in [1.165, 1.54) is 17.8 Å². The van der Waals surface area contributed by atoms with Gasteiger partial charge in [-0.2, -0.15) is 5.10 Å². The molecule has 6 aliphatic rings. The molecule has 2 unspecified atom stereocenters. The Morgan fingerprint density at radius 2 is 1.78 bits per heavy atom. The molecule has 1 amide bonds. The Kier molecular flexibility index (Phi) is 9.05. The van der Waals surface area contributed by atoms with Gasteiger partial charge >= 0.3 is 5.97 Å². The molecule has 302 valence electrons. The standard InChI is InChI=1S/C45H51N7O5S/c1-28-33(17-47-52(28)27-44-22-42(2)21-43(3,23-44)25-45(24-42,26-44)57-16-14-46-30-19-56-20-30)31-11-12-37(49-38(31)40(54)55)51-15-13-29-7-6-8-32(34(29)18-51)39(53)50-41-48-35-9-4-5-10-36(35)58-41/h4-12,17,30,46H,13-16,18-27H2,1-3H3,(H,54,55)(H,48,50,53). The van der Waals surface area contributed by atoms with Gasteiger partial charge in [-0.3, -0.25) is 14.8 Å². The quantitative estimate of drug-likeness (QED) is 0.109. The predicted octanol–water partition coefficient (Wildman–Crippen LogP) is 7.50. The van der Waals surface area contributed by atoms with Crippen molar-refractivity contribution in [3.8, 4) is 11.1 Å². The lowest BCUT2D eigenvalue weighted by molar-refractivity contribution is -0.247. The van der Waals surface area contributed by atoms with Gasteiger partial charge in [0, 0.05) is 48.6 Å². The maximum Gasteiger partial charge on any atom is 0.355 e. The SMILES string of the molecule is Cc1c(-c2ccc(N3CCc4cccc(C(=O)Nc5nc6ccccc6s5)c4C3)nc2C(=O)O)cnn1CC12CC3(C)CC(C)(C1)CC(OCCNC1COC1)(C3)C2. The average Bonchev–Trinajstić information content (AvgIpc) is 3.73. The van der Waals surface area contributed by atoms with Crippen molar-refractivity contribution in [1.82, 2.24) is 25.1 Å². The number of thiazole rings is 1. The van der Waals surface area contributed by atoms with Crippen molar-refractivity contribution < 1.29 is 24.2 Å².